The molecule has 0 saturated carbocycles. The zero-order chi connectivity index (χ0) is 11.7. The number of thioether (sulfide) groups is 1. The number of nitrogens with one attached hydrogen (secondary N) is 1. The van der Waals surface area contributed by atoms with Gasteiger partial charge in [0, 0.05) is 30.6 Å². The van der Waals surface area contributed by atoms with Crippen LogP contribution < -0.4 is 10.2 Å². The van der Waals surface area contributed by atoms with Crippen LogP contribution in [0.2, 0.25) is 0 Å². The van der Waals surface area contributed by atoms with Crippen molar-refractivity contribution in [1.82, 2.24) is 15.5 Å². The van der Waals surface area contributed by atoms with Crippen molar-refractivity contribution >= 4 is 17.7 Å². The molecule has 5 nitrogen and oxygen atoms in total. The van der Waals surface area contributed by atoms with E-state index in [0.717, 1.165) is 36.4 Å². The molecule has 0 aliphatic carbocycles. The Bertz CT molecular complexity index is 377. The van der Waals surface area contributed by atoms with Crippen LogP contribution in [0.3, 0.4) is 0 Å². The second kappa shape index (κ2) is 4.86. The topological polar surface area (TPSA) is 54.2 Å². The second-order valence-electron chi connectivity index (χ2n) is 4.67. The Labute approximate surface area is 105 Å². The van der Waals surface area contributed by atoms with Crippen molar-refractivity contribution in [1.29, 1.82) is 0 Å². The predicted octanol–water partition coefficient (Wildman–Crippen LogP) is 1.09. The molecule has 2 saturated heterocycles. The van der Waals surface area contributed by atoms with Crippen LogP contribution in [0.4, 0.5) is 5.95 Å². The van der Waals surface area contributed by atoms with E-state index in [1.54, 1.807) is 0 Å². The summed E-state index contributed by atoms with van der Waals surface area (Å²) in [5.41, 5.74) is 0. The first-order chi connectivity index (χ1) is 8.38. The molecule has 0 bridgehead atoms. The van der Waals surface area contributed by atoms with Gasteiger partial charge in [0.25, 0.3) is 5.95 Å². The fraction of sp³-hybridized carbons (Fsp3) is 0.818. The molecule has 2 fully saturated rings. The van der Waals surface area contributed by atoms with Crippen LogP contribution in [0.15, 0.2) is 4.52 Å². The molecule has 1 N–H and O–H groups in total. The molecule has 2 aliphatic rings. The summed E-state index contributed by atoms with van der Waals surface area (Å²) in [6.45, 7) is 2.13. The Balaban J connectivity index is 1.75. The van der Waals surface area contributed by atoms with E-state index < -0.39 is 0 Å². The molecule has 1 aromatic heterocycles. The lowest BCUT2D eigenvalue weighted by Gasteiger charge is -2.13. The Kier molecular flexibility index (Phi) is 3.24. The van der Waals surface area contributed by atoms with Crippen LogP contribution in [0.1, 0.15) is 24.7 Å². The summed E-state index contributed by atoms with van der Waals surface area (Å²) in [5, 5.41) is 7.44. The normalized spacial score (nSPS) is 29.1. The maximum absolute atomic E-state index is 5.44. The van der Waals surface area contributed by atoms with Gasteiger partial charge in [-0.05, 0) is 25.0 Å². The van der Waals surface area contributed by atoms with Crippen LogP contribution in [-0.2, 0) is 0 Å². The Morgan fingerprint density at radius 2 is 2.18 bits per heavy atom. The lowest BCUT2D eigenvalue weighted by atomic mass is 10.0. The van der Waals surface area contributed by atoms with E-state index in [-0.39, 0.29) is 0 Å². The molecule has 0 radical (unpaired) electrons. The van der Waals surface area contributed by atoms with E-state index in [2.05, 4.69) is 20.4 Å². The standard InChI is InChI=1S/C11H18N4OS/c1-12-9-7-17-6-8(9)10-13-11(14-16-10)15-4-2-3-5-15/h8-9,12H,2-7H2,1H3. The SMILES string of the molecule is CNC1CSCC1c1nc(N2CCCC2)no1. The maximum Gasteiger partial charge on any atom is 0.266 e. The van der Waals surface area contributed by atoms with E-state index in [0.29, 0.717) is 12.0 Å². The highest BCUT2D eigenvalue weighted by atomic mass is 32.2. The molecule has 2 aliphatic heterocycles. The van der Waals surface area contributed by atoms with Gasteiger partial charge in [-0.25, -0.2) is 0 Å². The molecule has 6 heteroatoms. The van der Waals surface area contributed by atoms with E-state index in [1.165, 1.54) is 12.8 Å². The van der Waals surface area contributed by atoms with E-state index in [1.807, 2.05) is 18.8 Å². The van der Waals surface area contributed by atoms with Crippen molar-refractivity contribution in [2.75, 3.05) is 36.5 Å². The van der Waals surface area contributed by atoms with Gasteiger partial charge in [-0.15, -0.1) is 0 Å². The first-order valence-electron chi connectivity index (χ1n) is 6.22. The van der Waals surface area contributed by atoms with E-state index in [9.17, 15) is 0 Å². The smallest absolute Gasteiger partial charge is 0.266 e. The van der Waals surface area contributed by atoms with Crippen molar-refractivity contribution in [2.24, 2.45) is 0 Å². The van der Waals surface area contributed by atoms with Crippen molar-refractivity contribution in [3.63, 3.8) is 0 Å². The maximum atomic E-state index is 5.44. The van der Waals surface area contributed by atoms with Crippen LogP contribution in [0.5, 0.6) is 0 Å². The fourth-order valence-corrected chi connectivity index (χ4v) is 3.92. The van der Waals surface area contributed by atoms with Gasteiger partial charge in [0.1, 0.15) is 0 Å². The van der Waals surface area contributed by atoms with Crippen LogP contribution in [-0.4, -0.2) is 47.8 Å². The summed E-state index contributed by atoms with van der Waals surface area (Å²) in [6.07, 6.45) is 2.48. The van der Waals surface area contributed by atoms with Crippen molar-refractivity contribution in [3.8, 4) is 0 Å². The highest BCUT2D eigenvalue weighted by molar-refractivity contribution is 7.99. The minimum atomic E-state index is 0.369. The summed E-state index contributed by atoms with van der Waals surface area (Å²) in [7, 11) is 2.00. The molecule has 2 atom stereocenters. The third kappa shape index (κ3) is 2.15. The van der Waals surface area contributed by atoms with Gasteiger partial charge in [0.05, 0.1) is 5.92 Å². The average molecular weight is 254 g/mol. The summed E-state index contributed by atoms with van der Waals surface area (Å²) >= 11 is 1.95. The number of anilines is 1. The summed E-state index contributed by atoms with van der Waals surface area (Å²) in [5.74, 6) is 4.16. The molecule has 2 unspecified atom stereocenters. The van der Waals surface area contributed by atoms with Gasteiger partial charge < -0.3 is 14.7 Å². The van der Waals surface area contributed by atoms with Gasteiger partial charge in [0.15, 0.2) is 0 Å². The molecule has 94 valence electrons. The summed E-state index contributed by atoms with van der Waals surface area (Å²) < 4.78 is 5.44. The zero-order valence-corrected chi connectivity index (χ0v) is 10.9. The quantitative estimate of drug-likeness (QED) is 0.871. The van der Waals surface area contributed by atoms with Crippen molar-refractivity contribution in [3.05, 3.63) is 5.89 Å². The number of aromatic nitrogens is 2. The second-order valence-corrected chi connectivity index (χ2v) is 5.74. The lowest BCUT2D eigenvalue weighted by Crippen LogP contribution is -2.31. The van der Waals surface area contributed by atoms with Gasteiger partial charge in [-0.2, -0.15) is 16.7 Å². The zero-order valence-electron chi connectivity index (χ0n) is 10.1. The molecule has 0 spiro atoms. The third-order valence-electron chi connectivity index (χ3n) is 3.59. The van der Waals surface area contributed by atoms with Gasteiger partial charge in [-0.1, -0.05) is 0 Å². The minimum absolute atomic E-state index is 0.369. The molecule has 0 aromatic carbocycles. The van der Waals surface area contributed by atoms with Gasteiger partial charge >= 0.3 is 0 Å². The Morgan fingerprint density at radius 3 is 2.94 bits per heavy atom. The molecular formula is C11H18N4OS. The highest BCUT2D eigenvalue weighted by Gasteiger charge is 2.33. The van der Waals surface area contributed by atoms with Crippen LogP contribution in [0.25, 0.3) is 0 Å². The van der Waals surface area contributed by atoms with Crippen LogP contribution in [0, 0.1) is 0 Å². The number of hydrogen-bond acceptors (Lipinski definition) is 6. The summed E-state index contributed by atoms with van der Waals surface area (Å²) in [6, 6.07) is 0.465. The molecule has 3 rings (SSSR count). The van der Waals surface area contributed by atoms with Gasteiger partial charge in [-0.3, -0.25) is 0 Å². The molecule has 1 aromatic rings. The first kappa shape index (κ1) is 11.3. The van der Waals surface area contributed by atoms with E-state index >= 15 is 0 Å². The number of hydrogen-bond donors (Lipinski definition) is 1. The monoisotopic (exact) mass is 254 g/mol. The third-order valence-corrected chi connectivity index (χ3v) is 4.78. The largest absolute Gasteiger partial charge is 0.338 e. The van der Waals surface area contributed by atoms with Crippen molar-refractivity contribution < 1.29 is 4.52 Å². The molecule has 3 heterocycles. The number of rotatable bonds is 3. The lowest BCUT2D eigenvalue weighted by molar-refractivity contribution is 0.343. The van der Waals surface area contributed by atoms with Crippen LogP contribution >= 0.6 is 11.8 Å². The first-order valence-corrected chi connectivity index (χ1v) is 7.37. The number of nitrogens with zero attached hydrogens (tertiary/aromatic N) is 3. The average Bonchev–Trinajstić information content (AvgIpc) is 3.09. The fourth-order valence-electron chi connectivity index (χ4n) is 2.51. The Morgan fingerprint density at radius 1 is 1.35 bits per heavy atom. The highest BCUT2D eigenvalue weighted by Crippen LogP contribution is 2.32. The van der Waals surface area contributed by atoms with Gasteiger partial charge in [0.2, 0.25) is 5.89 Å². The molecular weight excluding hydrogens is 236 g/mol. The van der Waals surface area contributed by atoms with Crippen molar-refractivity contribution in [2.45, 2.75) is 24.8 Å². The number of likely N-dealkylation sites (N-methyl/N-ethyl adjacent to an activating group) is 1. The summed E-state index contributed by atoms with van der Waals surface area (Å²) in [4.78, 5) is 6.78. The molecule has 0 amide bonds. The minimum Gasteiger partial charge on any atom is -0.338 e. The Hall–Kier alpha value is -0.750. The predicted molar refractivity (Wildman–Crippen MR) is 68.7 cm³/mol. The van der Waals surface area contributed by atoms with E-state index in [4.69, 9.17) is 4.52 Å². The molecule has 17 heavy (non-hydrogen) atoms.